The summed E-state index contributed by atoms with van der Waals surface area (Å²) in [5.74, 6) is -3.21. The maximum absolute atomic E-state index is 15.5. The zero-order valence-electron chi connectivity index (χ0n) is 21.7. The van der Waals surface area contributed by atoms with E-state index >= 15 is 8.78 Å². The van der Waals surface area contributed by atoms with Crippen LogP contribution >= 0.6 is 27.7 Å². The minimum absolute atomic E-state index is 0.00805. The number of halogens is 3. The van der Waals surface area contributed by atoms with Gasteiger partial charge in [-0.3, -0.25) is 14.2 Å². The molecular formula is C30H23BrF2N4O3S. The second kappa shape index (κ2) is 11.8. The van der Waals surface area contributed by atoms with Crippen molar-refractivity contribution < 1.29 is 23.1 Å². The van der Waals surface area contributed by atoms with Crippen molar-refractivity contribution in [3.05, 3.63) is 88.8 Å². The highest BCUT2D eigenvalue weighted by molar-refractivity contribution is 9.10. The lowest BCUT2D eigenvalue weighted by Crippen LogP contribution is -2.31. The van der Waals surface area contributed by atoms with Crippen LogP contribution in [0, 0.1) is 17.2 Å². The number of thioether (sulfide) groups is 1. The first-order valence-electron chi connectivity index (χ1n) is 12.7. The topological polar surface area (TPSA) is 101 Å². The zero-order valence-corrected chi connectivity index (χ0v) is 24.1. The van der Waals surface area contributed by atoms with Crippen LogP contribution in [-0.4, -0.2) is 38.1 Å². The van der Waals surface area contributed by atoms with Crippen LogP contribution in [0.25, 0.3) is 27.4 Å². The summed E-state index contributed by atoms with van der Waals surface area (Å²) in [4.78, 5) is 33.1. The number of ketones is 1. The molecule has 1 atom stereocenters. The molecule has 7 nitrogen and oxygen atoms in total. The number of fused-ring (bicyclic) bond motifs is 2. The second-order valence-electron chi connectivity index (χ2n) is 9.25. The number of carbonyl (C=O) groups is 2. The number of para-hydroxylation sites is 1. The third-order valence-corrected chi connectivity index (χ3v) is 8.20. The Morgan fingerprint density at radius 1 is 1.12 bits per heavy atom. The maximum atomic E-state index is 15.5. The molecule has 0 aliphatic heterocycles. The number of carbonyl (C=O) groups excluding carboxylic acids is 2. The molecule has 3 aromatic carbocycles. The monoisotopic (exact) mass is 636 g/mol. The van der Waals surface area contributed by atoms with Crippen molar-refractivity contribution in [2.45, 2.75) is 30.2 Å². The first-order chi connectivity index (χ1) is 19.7. The van der Waals surface area contributed by atoms with Crippen LogP contribution in [-0.2, 0) is 20.7 Å². The molecular weight excluding hydrogens is 614 g/mol. The van der Waals surface area contributed by atoms with Gasteiger partial charge in [0.25, 0.3) is 0 Å². The number of aromatic nitrogens is 3. The van der Waals surface area contributed by atoms with Gasteiger partial charge in [0.15, 0.2) is 5.16 Å². The lowest BCUT2D eigenvalue weighted by atomic mass is 9.94. The van der Waals surface area contributed by atoms with E-state index in [-0.39, 0.29) is 29.9 Å². The van der Waals surface area contributed by atoms with Crippen LogP contribution in [0.4, 0.5) is 8.78 Å². The highest BCUT2D eigenvalue weighted by Crippen LogP contribution is 2.41. The lowest BCUT2D eigenvalue weighted by Gasteiger charge is -2.20. The van der Waals surface area contributed by atoms with Crippen molar-refractivity contribution in [3.8, 4) is 11.8 Å². The average Bonchev–Trinajstić information content (AvgIpc) is 3.54. The molecule has 41 heavy (non-hydrogen) atoms. The van der Waals surface area contributed by atoms with Crippen LogP contribution in [0.2, 0.25) is 0 Å². The maximum Gasteiger partial charge on any atom is 0.358 e. The van der Waals surface area contributed by atoms with Gasteiger partial charge in [-0.1, -0.05) is 42.5 Å². The summed E-state index contributed by atoms with van der Waals surface area (Å²) in [7, 11) is 0. The molecule has 5 rings (SSSR count). The van der Waals surface area contributed by atoms with Gasteiger partial charge in [0.1, 0.15) is 4.60 Å². The molecule has 208 valence electrons. The lowest BCUT2D eigenvalue weighted by molar-refractivity contribution is -0.151. The predicted octanol–water partition coefficient (Wildman–Crippen LogP) is 7.21. The molecule has 0 spiro atoms. The van der Waals surface area contributed by atoms with Crippen LogP contribution in [0.3, 0.4) is 0 Å². The summed E-state index contributed by atoms with van der Waals surface area (Å²) in [6.45, 7) is 1.68. The number of esters is 1. The van der Waals surface area contributed by atoms with Gasteiger partial charge in [0.2, 0.25) is 5.78 Å². The summed E-state index contributed by atoms with van der Waals surface area (Å²) in [5.41, 5.74) is 2.52. The van der Waals surface area contributed by atoms with Crippen molar-refractivity contribution in [3.63, 3.8) is 0 Å². The minimum Gasteiger partial charge on any atom is -0.466 e. The number of nitrogens with one attached hydrogen (secondary N) is 1. The Bertz CT molecular complexity index is 1810. The SMILES string of the molecule is CCOC(=O)C(CC(=O)C(F)(F)Sc1ncc(Br)n1-c1ccc(C#N)c2ccccc12)Cc1c[nH]c2ccccc12. The molecule has 0 bridgehead atoms. The number of rotatable bonds is 10. The number of Topliss-reactive ketones (excluding diaryl/α,β-unsaturated/α-hetero) is 1. The number of benzene rings is 3. The number of ether oxygens (including phenoxy) is 1. The molecule has 0 radical (unpaired) electrons. The zero-order chi connectivity index (χ0) is 29.1. The fourth-order valence-corrected chi connectivity index (χ4v) is 6.16. The number of hydrogen-bond donors (Lipinski definition) is 1. The number of aromatic amines is 1. The van der Waals surface area contributed by atoms with E-state index < -0.39 is 29.3 Å². The van der Waals surface area contributed by atoms with E-state index in [9.17, 15) is 14.9 Å². The molecule has 1 unspecified atom stereocenters. The number of imidazole rings is 1. The van der Waals surface area contributed by atoms with Gasteiger partial charge in [0, 0.05) is 34.3 Å². The summed E-state index contributed by atoms with van der Waals surface area (Å²) in [5, 5.41) is 7.63. The van der Waals surface area contributed by atoms with Crippen LogP contribution in [0.15, 0.2) is 82.8 Å². The summed E-state index contributed by atoms with van der Waals surface area (Å²) < 4.78 is 38.0. The molecule has 0 amide bonds. The standard InChI is InChI=1S/C30H23BrF2N4O3S/c1-2-40-28(39)19(13-20-16-35-24-10-6-5-8-22(20)24)14-26(38)30(32,33)41-29-36-17-27(31)37(29)25-12-11-18(15-34)21-7-3-4-9-23(21)25/h3-12,16-17,19,35H,2,13-14H2,1H3. The van der Waals surface area contributed by atoms with Crippen LogP contribution in [0.1, 0.15) is 24.5 Å². The van der Waals surface area contributed by atoms with E-state index in [4.69, 9.17) is 4.74 Å². The number of alkyl halides is 2. The molecule has 5 aromatic rings. The molecule has 2 aromatic heterocycles. The first-order valence-corrected chi connectivity index (χ1v) is 14.3. The normalized spacial score (nSPS) is 12.4. The van der Waals surface area contributed by atoms with E-state index in [1.54, 1.807) is 49.5 Å². The summed E-state index contributed by atoms with van der Waals surface area (Å²) >= 11 is 3.39. The van der Waals surface area contributed by atoms with Gasteiger partial charge in [-0.2, -0.15) is 14.0 Å². The molecule has 0 saturated carbocycles. The first kappa shape index (κ1) is 28.5. The predicted molar refractivity (Wildman–Crippen MR) is 156 cm³/mol. The molecule has 0 aliphatic carbocycles. The molecule has 1 N–H and O–H groups in total. The smallest absolute Gasteiger partial charge is 0.358 e. The number of H-pyrrole nitrogens is 1. The van der Waals surface area contributed by atoms with Crippen molar-refractivity contribution in [1.29, 1.82) is 5.26 Å². The summed E-state index contributed by atoms with van der Waals surface area (Å²) in [6.07, 6.45) is 2.44. The van der Waals surface area contributed by atoms with E-state index in [1.165, 1.54) is 10.8 Å². The van der Waals surface area contributed by atoms with Crippen molar-refractivity contribution in [1.82, 2.24) is 14.5 Å². The van der Waals surface area contributed by atoms with Crippen molar-refractivity contribution >= 4 is 61.1 Å². The Kier molecular flexibility index (Phi) is 8.24. The Morgan fingerprint density at radius 2 is 1.83 bits per heavy atom. The number of nitriles is 1. The van der Waals surface area contributed by atoms with Gasteiger partial charge < -0.3 is 9.72 Å². The number of hydrogen-bond acceptors (Lipinski definition) is 6. The minimum atomic E-state index is -3.89. The van der Waals surface area contributed by atoms with Crippen molar-refractivity contribution in [2.75, 3.05) is 6.61 Å². The third-order valence-electron chi connectivity index (χ3n) is 6.69. The fraction of sp³-hybridized carbons (Fsp3) is 0.200. The molecule has 11 heteroatoms. The Balaban J connectivity index is 1.43. The molecule has 0 fully saturated rings. The number of nitrogens with zero attached hydrogens (tertiary/aromatic N) is 3. The van der Waals surface area contributed by atoms with E-state index in [1.807, 2.05) is 24.3 Å². The van der Waals surface area contributed by atoms with Crippen LogP contribution < -0.4 is 0 Å². The van der Waals surface area contributed by atoms with Gasteiger partial charge in [-0.05, 0) is 64.8 Å². The molecule has 0 aliphatic rings. The van der Waals surface area contributed by atoms with Gasteiger partial charge in [0.05, 0.1) is 36.0 Å². The van der Waals surface area contributed by atoms with Crippen LogP contribution in [0.5, 0.6) is 0 Å². The highest BCUT2D eigenvalue weighted by atomic mass is 79.9. The second-order valence-corrected chi connectivity index (χ2v) is 11.1. The highest BCUT2D eigenvalue weighted by Gasteiger charge is 2.43. The van der Waals surface area contributed by atoms with Crippen molar-refractivity contribution in [2.24, 2.45) is 5.92 Å². The Labute approximate surface area is 246 Å². The average molecular weight is 638 g/mol. The largest absolute Gasteiger partial charge is 0.466 e. The fourth-order valence-electron chi connectivity index (χ4n) is 4.76. The summed E-state index contributed by atoms with van der Waals surface area (Å²) in [6, 6.07) is 19.9. The van der Waals surface area contributed by atoms with E-state index in [2.05, 4.69) is 32.0 Å². The Morgan fingerprint density at radius 3 is 2.56 bits per heavy atom. The van der Waals surface area contributed by atoms with Gasteiger partial charge in [-0.25, -0.2) is 4.98 Å². The quantitative estimate of drug-likeness (QED) is 0.128. The molecule has 2 heterocycles. The van der Waals surface area contributed by atoms with Gasteiger partial charge >= 0.3 is 11.2 Å². The molecule has 0 saturated heterocycles. The van der Waals surface area contributed by atoms with E-state index in [0.29, 0.717) is 26.6 Å². The van der Waals surface area contributed by atoms with Gasteiger partial charge in [-0.15, -0.1) is 0 Å². The third kappa shape index (κ3) is 5.76. The van der Waals surface area contributed by atoms with E-state index in [0.717, 1.165) is 16.5 Å². The Hall–Kier alpha value is -4.01.